The van der Waals surface area contributed by atoms with Gasteiger partial charge >= 0.3 is 0 Å². The fourth-order valence-corrected chi connectivity index (χ4v) is 4.20. The van der Waals surface area contributed by atoms with Crippen LogP contribution in [-0.2, 0) is 18.4 Å². The Morgan fingerprint density at radius 3 is 2.52 bits per heavy atom. The predicted molar refractivity (Wildman–Crippen MR) is 137 cm³/mol. The lowest BCUT2D eigenvalue weighted by atomic mass is 9.77. The second-order valence-electron chi connectivity index (χ2n) is 8.81. The molecule has 0 bridgehead atoms. The highest BCUT2D eigenvalue weighted by atomic mass is 35.5. The first-order valence-corrected chi connectivity index (χ1v) is 12.4. The summed E-state index contributed by atoms with van der Waals surface area (Å²) < 4.78 is 8.94. The standard InChI is InChI=1S/C26H29ClN4OS/c1-17(2)12-23-18(15-28)13-20(14-24(23)27)26(3,4)19-6-8-22(9-7-19)32-16-21-10-11-29-25(30-21)31-33-5/h6-11,13-14,17H,12,16H2,1-5H3,(H,29,30,31). The van der Waals surface area contributed by atoms with Gasteiger partial charge in [0.25, 0.3) is 0 Å². The summed E-state index contributed by atoms with van der Waals surface area (Å²) in [6.45, 7) is 8.89. The van der Waals surface area contributed by atoms with Crippen LogP contribution in [0.5, 0.6) is 5.75 Å². The summed E-state index contributed by atoms with van der Waals surface area (Å²) in [6, 6.07) is 16.2. The summed E-state index contributed by atoms with van der Waals surface area (Å²) in [4.78, 5) is 8.58. The third kappa shape index (κ3) is 6.19. The van der Waals surface area contributed by atoms with E-state index >= 15 is 0 Å². The van der Waals surface area contributed by atoms with Gasteiger partial charge in [0.15, 0.2) is 0 Å². The van der Waals surface area contributed by atoms with E-state index in [0.717, 1.165) is 34.6 Å². The molecular weight excluding hydrogens is 452 g/mol. The molecule has 5 nitrogen and oxygen atoms in total. The van der Waals surface area contributed by atoms with Crippen LogP contribution in [0.2, 0.25) is 5.02 Å². The highest BCUT2D eigenvalue weighted by molar-refractivity contribution is 7.99. The molecule has 1 aromatic heterocycles. The zero-order chi connectivity index (χ0) is 24.0. The third-order valence-electron chi connectivity index (χ3n) is 5.52. The fraction of sp³-hybridized carbons (Fsp3) is 0.346. The molecule has 0 aliphatic heterocycles. The number of nitriles is 1. The molecule has 0 fully saturated rings. The van der Waals surface area contributed by atoms with E-state index in [1.807, 2.05) is 36.6 Å². The Bertz CT molecular complexity index is 1140. The summed E-state index contributed by atoms with van der Waals surface area (Å²) in [5.74, 6) is 1.75. The van der Waals surface area contributed by atoms with Gasteiger partial charge in [-0.3, -0.25) is 4.72 Å². The average molecular weight is 481 g/mol. The number of anilines is 1. The van der Waals surface area contributed by atoms with Crippen molar-refractivity contribution in [1.29, 1.82) is 5.26 Å². The first kappa shape index (κ1) is 24.9. The predicted octanol–water partition coefficient (Wildman–Crippen LogP) is 6.79. The van der Waals surface area contributed by atoms with Crippen molar-refractivity contribution in [2.45, 2.75) is 46.1 Å². The van der Waals surface area contributed by atoms with Crippen molar-refractivity contribution in [3.05, 3.63) is 81.6 Å². The number of halogens is 1. The largest absolute Gasteiger partial charge is 0.487 e. The minimum atomic E-state index is -0.324. The Morgan fingerprint density at radius 1 is 1.15 bits per heavy atom. The van der Waals surface area contributed by atoms with Crippen LogP contribution in [0.1, 0.15) is 55.6 Å². The Labute approximate surface area is 205 Å². The van der Waals surface area contributed by atoms with Crippen LogP contribution >= 0.6 is 23.5 Å². The zero-order valence-corrected chi connectivity index (χ0v) is 21.2. The number of aromatic nitrogens is 2. The molecule has 1 N–H and O–H groups in total. The first-order valence-electron chi connectivity index (χ1n) is 10.8. The summed E-state index contributed by atoms with van der Waals surface area (Å²) >= 11 is 8.06. The van der Waals surface area contributed by atoms with Crippen molar-refractivity contribution in [1.82, 2.24) is 9.97 Å². The SMILES string of the molecule is CSNc1nccc(COc2ccc(C(C)(C)c3cc(Cl)c(CC(C)C)c(C#N)c3)cc2)n1. The van der Waals surface area contributed by atoms with Crippen molar-refractivity contribution >= 4 is 29.5 Å². The topological polar surface area (TPSA) is 70.8 Å². The van der Waals surface area contributed by atoms with Gasteiger partial charge in [0.05, 0.1) is 17.3 Å². The summed E-state index contributed by atoms with van der Waals surface area (Å²) in [7, 11) is 0. The highest BCUT2D eigenvalue weighted by Crippen LogP contribution is 2.36. The van der Waals surface area contributed by atoms with Crippen molar-refractivity contribution in [3.63, 3.8) is 0 Å². The molecule has 0 unspecified atom stereocenters. The molecule has 2 aromatic carbocycles. The summed E-state index contributed by atoms with van der Waals surface area (Å²) in [5.41, 5.74) is 4.18. The molecule has 33 heavy (non-hydrogen) atoms. The molecule has 1 heterocycles. The monoisotopic (exact) mass is 480 g/mol. The van der Waals surface area contributed by atoms with Crippen molar-refractivity contribution in [3.8, 4) is 11.8 Å². The molecule has 3 rings (SSSR count). The van der Waals surface area contributed by atoms with Crippen molar-refractivity contribution < 1.29 is 4.74 Å². The zero-order valence-electron chi connectivity index (χ0n) is 19.6. The maximum absolute atomic E-state index is 9.71. The van der Waals surface area contributed by atoms with Crippen LogP contribution in [0.25, 0.3) is 0 Å². The quantitative estimate of drug-likeness (QED) is 0.340. The van der Waals surface area contributed by atoms with E-state index in [2.05, 4.69) is 60.6 Å². The van der Waals surface area contributed by atoms with E-state index in [-0.39, 0.29) is 5.41 Å². The van der Waals surface area contributed by atoms with E-state index < -0.39 is 0 Å². The van der Waals surface area contributed by atoms with Crippen LogP contribution < -0.4 is 9.46 Å². The summed E-state index contributed by atoms with van der Waals surface area (Å²) in [6.07, 6.45) is 4.42. The van der Waals surface area contributed by atoms with Crippen LogP contribution in [0.4, 0.5) is 5.95 Å². The van der Waals surface area contributed by atoms with Gasteiger partial charge in [0.1, 0.15) is 12.4 Å². The van der Waals surface area contributed by atoms with E-state index in [0.29, 0.717) is 29.1 Å². The molecular formula is C26H29ClN4OS. The molecule has 0 amide bonds. The van der Waals surface area contributed by atoms with Gasteiger partial charge in [-0.1, -0.05) is 63.4 Å². The number of nitrogens with one attached hydrogen (secondary N) is 1. The molecule has 0 saturated carbocycles. The fourth-order valence-electron chi connectivity index (χ4n) is 3.62. The number of ether oxygens (including phenoxy) is 1. The lowest BCUT2D eigenvalue weighted by molar-refractivity contribution is 0.301. The molecule has 0 saturated heterocycles. The Morgan fingerprint density at radius 2 is 1.88 bits per heavy atom. The van der Waals surface area contributed by atoms with Gasteiger partial charge in [0.2, 0.25) is 5.95 Å². The average Bonchev–Trinajstić information content (AvgIpc) is 2.79. The number of benzene rings is 2. The van der Waals surface area contributed by atoms with Gasteiger partial charge in [-0.2, -0.15) is 5.26 Å². The highest BCUT2D eigenvalue weighted by Gasteiger charge is 2.25. The minimum Gasteiger partial charge on any atom is -0.487 e. The smallest absolute Gasteiger partial charge is 0.233 e. The van der Waals surface area contributed by atoms with Crippen molar-refractivity contribution in [2.75, 3.05) is 11.0 Å². The number of hydrogen-bond acceptors (Lipinski definition) is 6. The molecule has 0 aliphatic rings. The maximum atomic E-state index is 9.71. The lowest BCUT2D eigenvalue weighted by Gasteiger charge is -2.27. The van der Waals surface area contributed by atoms with Gasteiger partial charge < -0.3 is 4.74 Å². The van der Waals surface area contributed by atoms with E-state index in [4.69, 9.17) is 16.3 Å². The third-order valence-corrected chi connectivity index (χ3v) is 6.24. The molecule has 0 spiro atoms. The van der Waals surface area contributed by atoms with Crippen LogP contribution in [0, 0.1) is 17.2 Å². The van der Waals surface area contributed by atoms with Crippen LogP contribution in [-0.4, -0.2) is 16.2 Å². The van der Waals surface area contributed by atoms with Gasteiger partial charge in [0, 0.05) is 22.9 Å². The van der Waals surface area contributed by atoms with Crippen LogP contribution in [0.15, 0.2) is 48.7 Å². The number of hydrogen-bond donors (Lipinski definition) is 1. The van der Waals surface area contributed by atoms with Gasteiger partial charge in [-0.15, -0.1) is 0 Å². The van der Waals surface area contributed by atoms with Crippen molar-refractivity contribution in [2.24, 2.45) is 5.92 Å². The lowest BCUT2D eigenvalue weighted by Crippen LogP contribution is -2.19. The Hall–Kier alpha value is -2.75. The molecule has 0 radical (unpaired) electrons. The second kappa shape index (κ2) is 10.9. The molecule has 172 valence electrons. The van der Waals surface area contributed by atoms with E-state index in [1.54, 1.807) is 6.20 Å². The van der Waals surface area contributed by atoms with E-state index in [1.165, 1.54) is 11.9 Å². The molecule has 3 aromatic rings. The normalized spacial score (nSPS) is 11.3. The van der Waals surface area contributed by atoms with Gasteiger partial charge in [-0.05, 0) is 59.4 Å². The van der Waals surface area contributed by atoms with Gasteiger partial charge in [-0.25, -0.2) is 9.97 Å². The minimum absolute atomic E-state index is 0.324. The molecule has 0 aliphatic carbocycles. The van der Waals surface area contributed by atoms with E-state index in [9.17, 15) is 5.26 Å². The second-order valence-corrected chi connectivity index (χ2v) is 9.83. The summed E-state index contributed by atoms with van der Waals surface area (Å²) in [5, 5.41) is 10.4. The maximum Gasteiger partial charge on any atom is 0.233 e. The molecule has 0 atom stereocenters. The Balaban J connectivity index is 1.77. The first-order chi connectivity index (χ1) is 15.7. The molecule has 7 heteroatoms. The number of nitrogens with zero attached hydrogens (tertiary/aromatic N) is 3. The number of rotatable bonds is 9. The Kier molecular flexibility index (Phi) is 8.23. The van der Waals surface area contributed by atoms with Crippen LogP contribution in [0.3, 0.4) is 0 Å².